The number of para-hydroxylation sites is 1. The molecular formula is C17H19N3. The van der Waals surface area contributed by atoms with Gasteiger partial charge in [-0.05, 0) is 43.8 Å². The van der Waals surface area contributed by atoms with Crippen molar-refractivity contribution in [3.63, 3.8) is 0 Å². The fraction of sp³-hybridized carbons (Fsp3) is 0.235. The van der Waals surface area contributed by atoms with Crippen LogP contribution in [0.5, 0.6) is 0 Å². The summed E-state index contributed by atoms with van der Waals surface area (Å²) in [7, 11) is 1.98. The smallest absolute Gasteiger partial charge is 0.0708 e. The lowest BCUT2D eigenvalue weighted by Crippen LogP contribution is -2.11. The lowest BCUT2D eigenvalue weighted by atomic mass is 10.1. The molecule has 2 heterocycles. The molecular weight excluding hydrogens is 246 g/mol. The van der Waals surface area contributed by atoms with Gasteiger partial charge >= 0.3 is 0 Å². The molecule has 3 aromatic rings. The summed E-state index contributed by atoms with van der Waals surface area (Å²) in [5, 5.41) is 4.45. The first-order chi connectivity index (χ1) is 9.78. The highest BCUT2D eigenvalue weighted by Crippen LogP contribution is 2.20. The maximum atomic E-state index is 4.60. The summed E-state index contributed by atoms with van der Waals surface area (Å²) < 4.78 is 2.29. The van der Waals surface area contributed by atoms with E-state index in [-0.39, 0.29) is 0 Å². The van der Waals surface area contributed by atoms with Gasteiger partial charge in [0.15, 0.2) is 0 Å². The molecule has 3 rings (SSSR count). The second kappa shape index (κ2) is 5.47. The minimum Gasteiger partial charge on any atom is -0.346 e. The molecule has 0 amide bonds. The molecule has 0 aliphatic rings. The van der Waals surface area contributed by atoms with E-state index in [1.807, 2.05) is 13.1 Å². The minimum absolute atomic E-state index is 0.883. The Bertz CT molecular complexity index is 728. The third-order valence-corrected chi connectivity index (χ3v) is 3.55. The van der Waals surface area contributed by atoms with E-state index in [0.29, 0.717) is 0 Å². The number of hydrogen-bond donors (Lipinski definition) is 1. The topological polar surface area (TPSA) is 29.9 Å². The van der Waals surface area contributed by atoms with Crippen molar-refractivity contribution in [1.82, 2.24) is 14.9 Å². The Morgan fingerprint density at radius 2 is 2.00 bits per heavy atom. The number of pyridine rings is 1. The summed E-state index contributed by atoms with van der Waals surface area (Å²) in [6, 6.07) is 14.8. The summed E-state index contributed by atoms with van der Waals surface area (Å²) in [5.41, 5.74) is 4.76. The van der Waals surface area contributed by atoms with Crippen LogP contribution in [-0.2, 0) is 13.1 Å². The highest BCUT2D eigenvalue weighted by molar-refractivity contribution is 5.82. The number of aromatic nitrogens is 2. The van der Waals surface area contributed by atoms with Crippen molar-refractivity contribution < 1.29 is 0 Å². The van der Waals surface area contributed by atoms with Crippen molar-refractivity contribution in [1.29, 1.82) is 0 Å². The van der Waals surface area contributed by atoms with Crippen LogP contribution in [0.15, 0.2) is 48.7 Å². The van der Waals surface area contributed by atoms with Gasteiger partial charge in [-0.25, -0.2) is 0 Å². The second-order valence-corrected chi connectivity index (χ2v) is 5.10. The normalized spacial score (nSPS) is 11.1. The number of aryl methyl sites for hydroxylation is 1. The van der Waals surface area contributed by atoms with Crippen molar-refractivity contribution in [3.8, 4) is 0 Å². The largest absolute Gasteiger partial charge is 0.346 e. The third kappa shape index (κ3) is 2.45. The number of nitrogens with one attached hydrogen (secondary N) is 1. The summed E-state index contributed by atoms with van der Waals surface area (Å²) in [4.78, 5) is 4.60. The predicted octanol–water partition coefficient (Wildman–Crippen LogP) is 3.11. The number of benzene rings is 1. The molecule has 1 aromatic carbocycles. The van der Waals surface area contributed by atoms with E-state index in [4.69, 9.17) is 0 Å². The van der Waals surface area contributed by atoms with Crippen LogP contribution in [0, 0.1) is 6.92 Å². The van der Waals surface area contributed by atoms with Gasteiger partial charge in [-0.2, -0.15) is 0 Å². The first-order valence-electron chi connectivity index (χ1n) is 6.92. The van der Waals surface area contributed by atoms with Crippen LogP contribution in [0.4, 0.5) is 0 Å². The maximum absolute atomic E-state index is 4.60. The molecule has 0 atom stereocenters. The van der Waals surface area contributed by atoms with E-state index >= 15 is 0 Å². The molecule has 0 aliphatic heterocycles. The summed E-state index contributed by atoms with van der Waals surface area (Å²) in [6.45, 7) is 3.82. The Morgan fingerprint density at radius 1 is 1.15 bits per heavy atom. The van der Waals surface area contributed by atoms with Gasteiger partial charge in [0, 0.05) is 36.1 Å². The van der Waals surface area contributed by atoms with Gasteiger partial charge in [-0.15, -0.1) is 0 Å². The summed E-state index contributed by atoms with van der Waals surface area (Å²) >= 11 is 0. The first kappa shape index (κ1) is 12.9. The van der Waals surface area contributed by atoms with E-state index in [2.05, 4.69) is 64.4 Å². The van der Waals surface area contributed by atoms with Crippen molar-refractivity contribution in [2.45, 2.75) is 20.0 Å². The van der Waals surface area contributed by atoms with Gasteiger partial charge in [0.05, 0.1) is 5.52 Å². The zero-order valence-corrected chi connectivity index (χ0v) is 11.9. The lowest BCUT2D eigenvalue weighted by molar-refractivity contribution is 0.695. The Labute approximate surface area is 119 Å². The van der Waals surface area contributed by atoms with E-state index in [1.54, 1.807) is 0 Å². The first-order valence-corrected chi connectivity index (χ1v) is 6.92. The molecule has 0 radical (unpaired) electrons. The summed E-state index contributed by atoms with van der Waals surface area (Å²) in [5.74, 6) is 0. The molecule has 0 fully saturated rings. The molecule has 0 aliphatic carbocycles. The van der Waals surface area contributed by atoms with Gasteiger partial charge in [0.2, 0.25) is 0 Å². The quantitative estimate of drug-likeness (QED) is 0.785. The molecule has 0 bridgehead atoms. The molecule has 0 unspecified atom stereocenters. The average Bonchev–Trinajstić information content (AvgIpc) is 2.86. The van der Waals surface area contributed by atoms with Crippen LogP contribution >= 0.6 is 0 Å². The summed E-state index contributed by atoms with van der Waals surface area (Å²) in [6.07, 6.45) is 2.14. The molecule has 3 nitrogen and oxygen atoms in total. The predicted molar refractivity (Wildman–Crippen MR) is 82.8 cm³/mol. The Morgan fingerprint density at radius 3 is 2.85 bits per heavy atom. The highest BCUT2D eigenvalue weighted by atomic mass is 15.0. The van der Waals surface area contributed by atoms with Crippen molar-refractivity contribution >= 4 is 10.9 Å². The minimum atomic E-state index is 0.883. The van der Waals surface area contributed by atoms with Gasteiger partial charge in [0.1, 0.15) is 0 Å². The number of hydrogen-bond acceptors (Lipinski definition) is 2. The van der Waals surface area contributed by atoms with Crippen LogP contribution in [-0.4, -0.2) is 16.6 Å². The van der Waals surface area contributed by atoms with Gasteiger partial charge in [0.25, 0.3) is 0 Å². The van der Waals surface area contributed by atoms with Crippen molar-refractivity contribution in [3.05, 3.63) is 65.6 Å². The van der Waals surface area contributed by atoms with Crippen LogP contribution < -0.4 is 5.32 Å². The Hall–Kier alpha value is -2.13. The highest BCUT2D eigenvalue weighted by Gasteiger charge is 2.06. The second-order valence-electron chi connectivity index (χ2n) is 5.10. The lowest BCUT2D eigenvalue weighted by Gasteiger charge is -2.12. The van der Waals surface area contributed by atoms with Gasteiger partial charge in [-0.3, -0.25) is 4.98 Å². The van der Waals surface area contributed by atoms with E-state index < -0.39 is 0 Å². The fourth-order valence-corrected chi connectivity index (χ4v) is 2.65. The zero-order chi connectivity index (χ0) is 13.9. The van der Waals surface area contributed by atoms with E-state index in [9.17, 15) is 0 Å². The molecule has 0 saturated carbocycles. The van der Waals surface area contributed by atoms with E-state index in [0.717, 1.165) is 24.3 Å². The number of fused-ring (bicyclic) bond motifs is 1. The maximum Gasteiger partial charge on any atom is 0.0708 e. The molecule has 0 saturated heterocycles. The van der Waals surface area contributed by atoms with Gasteiger partial charge in [-0.1, -0.05) is 18.2 Å². The van der Waals surface area contributed by atoms with Crippen LogP contribution in [0.25, 0.3) is 10.9 Å². The Balaban J connectivity index is 2.04. The van der Waals surface area contributed by atoms with Crippen molar-refractivity contribution in [2.75, 3.05) is 7.05 Å². The molecule has 20 heavy (non-hydrogen) atoms. The van der Waals surface area contributed by atoms with Crippen molar-refractivity contribution in [2.24, 2.45) is 0 Å². The molecule has 2 aromatic heterocycles. The zero-order valence-electron chi connectivity index (χ0n) is 11.9. The number of nitrogens with zero attached hydrogens (tertiary/aromatic N) is 2. The fourth-order valence-electron chi connectivity index (χ4n) is 2.65. The average molecular weight is 265 g/mol. The molecule has 1 N–H and O–H groups in total. The van der Waals surface area contributed by atoms with Crippen LogP contribution in [0.1, 0.15) is 17.0 Å². The van der Waals surface area contributed by atoms with Crippen LogP contribution in [0.3, 0.4) is 0 Å². The SMILES string of the molecule is CNCc1cccn1Cc1cc(C)nc2ccccc12. The molecule has 3 heteroatoms. The van der Waals surface area contributed by atoms with Gasteiger partial charge < -0.3 is 9.88 Å². The monoisotopic (exact) mass is 265 g/mol. The van der Waals surface area contributed by atoms with Crippen LogP contribution in [0.2, 0.25) is 0 Å². The molecule has 0 spiro atoms. The van der Waals surface area contributed by atoms with E-state index in [1.165, 1.54) is 16.6 Å². The third-order valence-electron chi connectivity index (χ3n) is 3.55. The Kier molecular flexibility index (Phi) is 3.52. The molecule has 102 valence electrons. The number of rotatable bonds is 4. The standard InChI is InChI=1S/C17H19N3/c1-13-10-14(16-7-3-4-8-17(16)19-13)12-20-9-5-6-15(20)11-18-2/h3-10,18H,11-12H2,1-2H3.